The minimum Gasteiger partial charge on any atom is -0.267 e. The zero-order valence-corrected chi connectivity index (χ0v) is 14.1. The maximum Gasteiger partial charge on any atom is 0.278 e. The van der Waals surface area contributed by atoms with E-state index in [9.17, 15) is 14.0 Å². The molecule has 0 N–H and O–H groups in total. The Morgan fingerprint density at radius 2 is 1.26 bits per heavy atom. The first-order valence-electron chi connectivity index (χ1n) is 8.50. The van der Waals surface area contributed by atoms with Gasteiger partial charge < -0.3 is 0 Å². The normalized spacial score (nSPS) is 11.4. The Hall–Kier alpha value is -3.73. The number of benzene rings is 3. The van der Waals surface area contributed by atoms with Gasteiger partial charge in [-0.1, -0.05) is 30.3 Å². The Labute approximate surface area is 152 Å². The van der Waals surface area contributed by atoms with Gasteiger partial charge in [-0.3, -0.25) is 9.59 Å². The molecule has 0 aliphatic heterocycles. The van der Waals surface area contributed by atoms with E-state index in [1.807, 2.05) is 24.3 Å². The van der Waals surface area contributed by atoms with Gasteiger partial charge in [0.2, 0.25) is 0 Å². The molecule has 0 bridgehead atoms. The fourth-order valence-corrected chi connectivity index (χ4v) is 3.54. The second kappa shape index (κ2) is 5.64. The van der Waals surface area contributed by atoms with Gasteiger partial charge in [-0.25, -0.2) is 13.4 Å². The molecule has 5 heteroatoms. The summed E-state index contributed by atoms with van der Waals surface area (Å²) in [5, 5.41) is 1.54. The number of fused-ring (bicyclic) bond motifs is 4. The third-order valence-electron chi connectivity index (χ3n) is 4.80. The lowest BCUT2D eigenvalue weighted by molar-refractivity contribution is 0.628. The van der Waals surface area contributed by atoms with E-state index < -0.39 is 0 Å². The van der Waals surface area contributed by atoms with E-state index in [1.54, 1.807) is 42.5 Å². The molecular weight excluding hydrogens is 343 g/mol. The van der Waals surface area contributed by atoms with Crippen LogP contribution in [-0.4, -0.2) is 9.03 Å². The second-order valence-electron chi connectivity index (χ2n) is 6.37. The molecule has 0 aliphatic carbocycles. The number of nitrogens with zero attached hydrogens (tertiary/aromatic N) is 2. The van der Waals surface area contributed by atoms with E-state index in [0.29, 0.717) is 27.5 Å². The Kier molecular flexibility index (Phi) is 3.24. The van der Waals surface area contributed by atoms with Gasteiger partial charge in [0.05, 0.1) is 22.0 Å². The largest absolute Gasteiger partial charge is 0.278 e. The van der Waals surface area contributed by atoms with Crippen molar-refractivity contribution >= 4 is 21.7 Å². The van der Waals surface area contributed by atoms with E-state index in [0.717, 1.165) is 5.39 Å². The molecule has 27 heavy (non-hydrogen) atoms. The predicted molar refractivity (Wildman–Crippen MR) is 104 cm³/mol. The van der Waals surface area contributed by atoms with Crippen molar-refractivity contribution < 1.29 is 4.39 Å². The molecule has 0 aliphatic rings. The van der Waals surface area contributed by atoms with Crippen LogP contribution in [0.5, 0.6) is 0 Å². The zero-order valence-electron chi connectivity index (χ0n) is 14.1. The monoisotopic (exact) mass is 356 g/mol. The summed E-state index contributed by atoms with van der Waals surface area (Å²) in [6.07, 6.45) is 0. The van der Waals surface area contributed by atoms with Crippen molar-refractivity contribution in [2.45, 2.75) is 0 Å². The van der Waals surface area contributed by atoms with Crippen molar-refractivity contribution in [2.24, 2.45) is 0 Å². The van der Waals surface area contributed by atoms with Gasteiger partial charge in [-0.05, 0) is 48.5 Å². The summed E-state index contributed by atoms with van der Waals surface area (Å²) in [6, 6.07) is 21.9. The summed E-state index contributed by atoms with van der Waals surface area (Å²) in [5.41, 5.74) is 1.25. The molecule has 0 fully saturated rings. The van der Waals surface area contributed by atoms with Crippen molar-refractivity contribution in [3.8, 4) is 11.3 Å². The average molecular weight is 356 g/mol. The molecule has 0 amide bonds. The van der Waals surface area contributed by atoms with Crippen molar-refractivity contribution in [3.63, 3.8) is 0 Å². The van der Waals surface area contributed by atoms with Crippen LogP contribution in [0, 0.1) is 5.82 Å². The molecule has 0 atom stereocenters. The zero-order chi connectivity index (χ0) is 18.5. The number of aromatic nitrogens is 2. The number of hydrogen-bond acceptors (Lipinski definition) is 2. The predicted octanol–water partition coefficient (Wildman–Crippen LogP) is 3.87. The van der Waals surface area contributed by atoms with Gasteiger partial charge in [0.15, 0.2) is 0 Å². The quantitative estimate of drug-likeness (QED) is 0.338. The highest BCUT2D eigenvalue weighted by Crippen LogP contribution is 2.23. The van der Waals surface area contributed by atoms with Crippen LogP contribution in [0.4, 0.5) is 4.39 Å². The van der Waals surface area contributed by atoms with Crippen molar-refractivity contribution in [1.29, 1.82) is 0 Å². The topological polar surface area (TPSA) is 43.0 Å². The first-order chi connectivity index (χ1) is 13.1. The van der Waals surface area contributed by atoms with Gasteiger partial charge in [0.1, 0.15) is 5.82 Å². The number of rotatable bonds is 1. The molecule has 2 heterocycles. The van der Waals surface area contributed by atoms with E-state index in [1.165, 1.54) is 21.2 Å². The van der Waals surface area contributed by atoms with E-state index in [-0.39, 0.29) is 16.9 Å². The van der Waals surface area contributed by atoms with Crippen LogP contribution >= 0.6 is 0 Å². The molecule has 2 aromatic heterocycles. The van der Waals surface area contributed by atoms with Crippen molar-refractivity contribution in [2.75, 3.05) is 0 Å². The van der Waals surface area contributed by atoms with Crippen LogP contribution < -0.4 is 11.1 Å². The van der Waals surface area contributed by atoms with Gasteiger partial charge >= 0.3 is 0 Å². The molecule has 4 nitrogen and oxygen atoms in total. The van der Waals surface area contributed by atoms with Crippen LogP contribution in [0.3, 0.4) is 0 Å². The number of halogens is 1. The maximum atomic E-state index is 13.4. The fraction of sp³-hybridized carbons (Fsp3) is 0. The standard InChI is InChI=1S/C22H13FN2O2/c23-16-11-9-14(10-12-16)20-13-15-5-1-4-8-19(15)24-21(26)17-6-2-3-7-18(17)22(27)25(20)24/h1-13H. The van der Waals surface area contributed by atoms with Crippen LogP contribution in [0.1, 0.15) is 0 Å². The lowest BCUT2D eigenvalue weighted by Gasteiger charge is -2.14. The molecule has 0 radical (unpaired) electrons. The van der Waals surface area contributed by atoms with Crippen molar-refractivity contribution in [3.05, 3.63) is 105 Å². The summed E-state index contributed by atoms with van der Waals surface area (Å²) in [5.74, 6) is -0.362. The smallest absolute Gasteiger partial charge is 0.267 e. The molecule has 0 saturated heterocycles. The number of para-hydroxylation sites is 1. The molecule has 5 rings (SSSR count). The molecular formula is C22H13FN2O2. The summed E-state index contributed by atoms with van der Waals surface area (Å²) in [6.45, 7) is 0. The number of hydrogen-bond donors (Lipinski definition) is 0. The lowest BCUT2D eigenvalue weighted by Crippen LogP contribution is -2.31. The van der Waals surface area contributed by atoms with Gasteiger partial charge in [0, 0.05) is 10.9 Å². The summed E-state index contributed by atoms with van der Waals surface area (Å²) >= 11 is 0. The van der Waals surface area contributed by atoms with Crippen LogP contribution in [0.25, 0.3) is 32.9 Å². The van der Waals surface area contributed by atoms with Crippen LogP contribution in [0.2, 0.25) is 0 Å². The summed E-state index contributed by atoms with van der Waals surface area (Å²) in [4.78, 5) is 26.5. The Morgan fingerprint density at radius 3 is 1.96 bits per heavy atom. The van der Waals surface area contributed by atoms with Crippen molar-refractivity contribution in [1.82, 2.24) is 9.03 Å². The lowest BCUT2D eigenvalue weighted by atomic mass is 10.1. The second-order valence-corrected chi connectivity index (χ2v) is 6.37. The molecule has 0 spiro atoms. The molecule has 0 saturated carbocycles. The van der Waals surface area contributed by atoms with E-state index in [4.69, 9.17) is 0 Å². The SMILES string of the molecule is O=c1c2ccccc2c(=O)n2c3ccccc3cc(-c3ccc(F)cc3)n12. The summed E-state index contributed by atoms with van der Waals surface area (Å²) < 4.78 is 16.2. The van der Waals surface area contributed by atoms with Gasteiger partial charge in [-0.2, -0.15) is 0 Å². The van der Waals surface area contributed by atoms with E-state index in [2.05, 4.69) is 0 Å². The van der Waals surface area contributed by atoms with Crippen LogP contribution in [0.15, 0.2) is 88.5 Å². The molecule has 3 aromatic carbocycles. The third kappa shape index (κ3) is 2.22. The Morgan fingerprint density at radius 1 is 0.667 bits per heavy atom. The summed E-state index contributed by atoms with van der Waals surface area (Å²) in [7, 11) is 0. The third-order valence-corrected chi connectivity index (χ3v) is 4.80. The highest BCUT2D eigenvalue weighted by molar-refractivity contribution is 5.86. The Balaban J connectivity index is 2.11. The average Bonchev–Trinajstić information content (AvgIpc) is 2.71. The first-order valence-corrected chi connectivity index (χ1v) is 8.50. The first kappa shape index (κ1) is 15.5. The molecule has 0 unspecified atom stereocenters. The highest BCUT2D eigenvalue weighted by Gasteiger charge is 2.15. The Bertz CT molecular complexity index is 1460. The van der Waals surface area contributed by atoms with Crippen LogP contribution in [-0.2, 0) is 0 Å². The highest BCUT2D eigenvalue weighted by atomic mass is 19.1. The maximum absolute atomic E-state index is 13.4. The minimum absolute atomic E-state index is 0.273. The van der Waals surface area contributed by atoms with Gasteiger partial charge in [-0.15, -0.1) is 0 Å². The molecule has 130 valence electrons. The minimum atomic E-state index is -0.362. The van der Waals surface area contributed by atoms with E-state index >= 15 is 0 Å². The fourth-order valence-electron chi connectivity index (χ4n) is 3.54. The molecule has 5 aromatic rings. The van der Waals surface area contributed by atoms with Gasteiger partial charge in [0.25, 0.3) is 11.1 Å².